The molecule has 8 nitrogen and oxygen atoms in total. The molecule has 272 valence electrons. The van der Waals surface area contributed by atoms with Crippen LogP contribution in [0.5, 0.6) is 0 Å². The van der Waals surface area contributed by atoms with Gasteiger partial charge in [-0.2, -0.15) is 0 Å². The first-order valence-corrected chi connectivity index (χ1v) is 20.4. The summed E-state index contributed by atoms with van der Waals surface area (Å²) in [7, 11) is 2.80. The predicted octanol–water partition coefficient (Wildman–Crippen LogP) is 6.91. The van der Waals surface area contributed by atoms with E-state index in [1.807, 2.05) is 7.05 Å². The van der Waals surface area contributed by atoms with Gasteiger partial charge < -0.3 is 15.5 Å². The standard InChI is InChI=1S/C18H27IN3.C13H19IN2.C6H11NO.CH3BO/c1-14-13-21(18-7-9-20-10-8-18)11-12-22(14)15(2)16-3-5-17(19)6-4-16;1-10-9-15-7-8-16(10)11(2)12-3-5-13(14)6-4-12;1-7-4-2-6(8)3-5-7;1-2-3/h3-6,14-15,18H,7-13H2,1-2H3;3-6,10-11,15H,7-9H2,1-2H3;2-5H2,1H3;1H3/q-1;;;/t14-,15+;10-,11+;;/m11../s1. The van der Waals surface area contributed by atoms with Gasteiger partial charge in [0.1, 0.15) is 5.78 Å². The molecular weight excluding hydrogens is 837 g/mol. The predicted molar refractivity (Wildman–Crippen MR) is 222 cm³/mol. The van der Waals surface area contributed by atoms with E-state index in [4.69, 9.17) is 4.70 Å². The van der Waals surface area contributed by atoms with Crippen molar-refractivity contribution in [3.05, 3.63) is 72.1 Å². The van der Waals surface area contributed by atoms with Gasteiger partial charge in [0.2, 0.25) is 0 Å². The molecule has 0 aromatic heterocycles. The van der Waals surface area contributed by atoms with E-state index >= 15 is 0 Å². The fourth-order valence-electron chi connectivity index (χ4n) is 7.17. The van der Waals surface area contributed by atoms with Crippen molar-refractivity contribution in [1.29, 1.82) is 0 Å². The number of rotatable bonds is 5. The minimum Gasteiger partial charge on any atom is -0.662 e. The van der Waals surface area contributed by atoms with Crippen LogP contribution in [0.1, 0.15) is 76.6 Å². The Balaban J connectivity index is 0.000000209. The van der Waals surface area contributed by atoms with Gasteiger partial charge in [-0.05, 0) is 115 Å². The number of piperidine rings is 2. The normalized spacial score (nSPS) is 24.1. The summed E-state index contributed by atoms with van der Waals surface area (Å²) in [6.45, 7) is 21.8. The molecule has 4 aliphatic heterocycles. The summed E-state index contributed by atoms with van der Waals surface area (Å²) in [5, 5.41) is 7.93. The number of piperazine rings is 2. The largest absolute Gasteiger partial charge is 0.662 e. The van der Waals surface area contributed by atoms with E-state index in [1.54, 1.807) is 0 Å². The Morgan fingerprint density at radius 2 is 1.29 bits per heavy atom. The van der Waals surface area contributed by atoms with E-state index in [0.29, 0.717) is 30.0 Å². The number of hydrogen-bond acceptors (Lipinski definition) is 7. The number of benzene rings is 2. The molecule has 4 fully saturated rings. The molecule has 4 heterocycles. The van der Waals surface area contributed by atoms with Crippen LogP contribution in [0, 0.1) is 7.14 Å². The summed E-state index contributed by atoms with van der Waals surface area (Å²) in [6.07, 6.45) is 4.05. The zero-order chi connectivity index (χ0) is 35.8. The number of nitrogens with zero attached hydrogens (tertiary/aromatic N) is 5. The molecule has 4 aliphatic rings. The molecule has 49 heavy (non-hydrogen) atoms. The summed E-state index contributed by atoms with van der Waals surface area (Å²) in [5.74, 6) is 0.420. The van der Waals surface area contributed by atoms with Crippen molar-refractivity contribution in [2.24, 2.45) is 0 Å². The van der Waals surface area contributed by atoms with E-state index in [2.05, 4.69) is 152 Å². The van der Waals surface area contributed by atoms with Crippen LogP contribution >= 0.6 is 45.2 Å². The van der Waals surface area contributed by atoms with Gasteiger partial charge in [-0.1, -0.05) is 37.1 Å². The van der Waals surface area contributed by atoms with Crippen molar-refractivity contribution in [3.8, 4) is 0 Å². The van der Waals surface area contributed by atoms with Crippen molar-refractivity contribution in [3.63, 3.8) is 0 Å². The van der Waals surface area contributed by atoms with Crippen LogP contribution in [0.25, 0.3) is 5.32 Å². The summed E-state index contributed by atoms with van der Waals surface area (Å²) < 4.78 is 11.4. The molecule has 0 aliphatic carbocycles. The molecule has 0 amide bonds. The minimum atomic E-state index is 0.420. The van der Waals surface area contributed by atoms with Crippen LogP contribution in [0.3, 0.4) is 0 Å². The van der Waals surface area contributed by atoms with Crippen molar-refractivity contribution in [2.75, 3.05) is 72.5 Å². The maximum atomic E-state index is 10.6. The topological polar surface area (TPSA) is 73.2 Å². The van der Waals surface area contributed by atoms with Crippen LogP contribution in [-0.4, -0.2) is 123 Å². The Bertz CT molecular complexity index is 1220. The average Bonchev–Trinajstić information content (AvgIpc) is 3.11. The molecule has 11 heteroatoms. The number of halogens is 2. The third-order valence-electron chi connectivity index (χ3n) is 10.3. The van der Waals surface area contributed by atoms with E-state index in [0.717, 1.165) is 71.8 Å². The zero-order valence-electron chi connectivity index (χ0n) is 30.8. The molecule has 1 N–H and O–H groups in total. The SMILES string of the molecule is CB=O.CN1CCC(=O)CC1.C[C@@H]1CN(C2CC[N-]CC2)CCN1[C@@H](C)c1ccc(I)cc1.C[C@@H]1CNCCN1[C@@H](C)c1ccc(I)cc1. The third-order valence-corrected chi connectivity index (χ3v) is 11.7. The van der Waals surface area contributed by atoms with Gasteiger partial charge in [-0.3, -0.25) is 19.5 Å². The van der Waals surface area contributed by atoms with Crippen LogP contribution < -0.4 is 5.32 Å². The van der Waals surface area contributed by atoms with Crippen LogP contribution in [0.4, 0.5) is 0 Å². The number of ketones is 1. The molecule has 4 saturated heterocycles. The Morgan fingerprint density at radius 3 is 1.73 bits per heavy atom. The van der Waals surface area contributed by atoms with Gasteiger partial charge in [0.15, 0.2) is 0 Å². The fraction of sp³-hybridized carbons (Fsp3) is 0.658. The van der Waals surface area contributed by atoms with Crippen LogP contribution in [0.15, 0.2) is 48.5 Å². The second-order valence-electron chi connectivity index (χ2n) is 13.8. The summed E-state index contributed by atoms with van der Waals surface area (Å²) in [5.41, 5.74) is 2.87. The Morgan fingerprint density at radius 1 is 0.796 bits per heavy atom. The molecular formula is C38H60BI2N6O2-. The Kier molecular flexibility index (Phi) is 20.0. The molecule has 4 atom stereocenters. The van der Waals surface area contributed by atoms with Crippen LogP contribution in [-0.2, 0) is 9.50 Å². The first-order valence-electron chi connectivity index (χ1n) is 18.2. The molecule has 2 aromatic rings. The number of Topliss-reactive ketones (excluding diaryl/α,β-unsaturated/α-hetero) is 1. The quantitative estimate of drug-likeness (QED) is 0.259. The van der Waals surface area contributed by atoms with Crippen molar-refractivity contribution in [1.82, 2.24) is 24.9 Å². The van der Waals surface area contributed by atoms with Gasteiger partial charge >= 0.3 is 18.7 Å². The smallest absolute Gasteiger partial charge is 0.135 e. The summed E-state index contributed by atoms with van der Waals surface area (Å²) in [4.78, 5) is 20.7. The van der Waals surface area contributed by atoms with E-state index < -0.39 is 0 Å². The molecule has 0 radical (unpaired) electrons. The summed E-state index contributed by atoms with van der Waals surface area (Å²) >= 11 is 4.73. The van der Waals surface area contributed by atoms with Crippen molar-refractivity contribution in [2.45, 2.75) is 90.4 Å². The number of carbonyl (C=O) groups excluding carboxylic acids is 1. The number of likely N-dealkylation sites (tertiary alicyclic amines) is 1. The molecule has 0 unspecified atom stereocenters. The molecule has 6 rings (SSSR count). The number of nitrogens with one attached hydrogen (secondary N) is 1. The van der Waals surface area contributed by atoms with Gasteiger partial charge in [-0.15, -0.1) is 13.1 Å². The monoisotopic (exact) mass is 897 g/mol. The molecule has 0 saturated carbocycles. The second kappa shape index (κ2) is 23.0. The first kappa shape index (κ1) is 42.6. The molecule has 2 aromatic carbocycles. The fourth-order valence-corrected chi connectivity index (χ4v) is 7.89. The van der Waals surface area contributed by atoms with Crippen molar-refractivity contribution < 1.29 is 9.50 Å². The van der Waals surface area contributed by atoms with Gasteiger partial charge in [0, 0.05) is 103 Å². The van der Waals surface area contributed by atoms with Crippen LogP contribution in [0.2, 0.25) is 6.82 Å². The second-order valence-corrected chi connectivity index (χ2v) is 16.3. The first-order chi connectivity index (χ1) is 23.5. The average molecular weight is 898 g/mol. The number of carbonyl (C=O) groups is 1. The minimum absolute atomic E-state index is 0.420. The van der Waals surface area contributed by atoms with E-state index in [-0.39, 0.29) is 0 Å². The molecule has 0 bridgehead atoms. The van der Waals surface area contributed by atoms with Gasteiger partial charge in [-0.25, -0.2) is 0 Å². The van der Waals surface area contributed by atoms with E-state index in [9.17, 15) is 4.79 Å². The third kappa shape index (κ3) is 14.6. The van der Waals surface area contributed by atoms with E-state index in [1.165, 1.54) is 57.6 Å². The zero-order valence-corrected chi connectivity index (χ0v) is 35.1. The number of hydrogen-bond donors (Lipinski definition) is 1. The Labute approximate surface area is 325 Å². The van der Waals surface area contributed by atoms with Gasteiger partial charge in [0.05, 0.1) is 0 Å². The maximum absolute atomic E-state index is 10.6. The van der Waals surface area contributed by atoms with Crippen molar-refractivity contribution >= 4 is 58.1 Å². The maximum Gasteiger partial charge on any atom is 0.135 e. The van der Waals surface area contributed by atoms with Gasteiger partial charge in [0.25, 0.3) is 0 Å². The summed E-state index contributed by atoms with van der Waals surface area (Å²) in [6, 6.07) is 21.0. The Hall–Kier alpha value is -0.805. The molecule has 0 spiro atoms.